The first kappa shape index (κ1) is 36.7. The lowest BCUT2D eigenvalue weighted by Crippen LogP contribution is -2.34. The summed E-state index contributed by atoms with van der Waals surface area (Å²) in [7, 11) is 0. The van der Waals surface area contributed by atoms with Crippen LogP contribution in [0.15, 0.2) is 79.1 Å². The number of aryl methyl sites for hydroxylation is 7. The third-order valence-corrected chi connectivity index (χ3v) is 12.6. The molecule has 4 aromatic carbocycles. The molecule has 7 heterocycles. The third-order valence-electron chi connectivity index (χ3n) is 12.6. The molecule has 3 aromatic heterocycles. The summed E-state index contributed by atoms with van der Waals surface area (Å²) in [4.78, 5) is 31.1. The monoisotopic (exact) mass is 781 g/mol. The summed E-state index contributed by atoms with van der Waals surface area (Å²) in [5.41, 5.74) is 14.5. The molecular formula is C48H43N7O4. The molecule has 7 aromatic rings. The molecule has 0 aliphatic carbocycles. The molecule has 4 aliphatic rings. The zero-order valence-corrected chi connectivity index (χ0v) is 33.5. The van der Waals surface area contributed by atoms with Gasteiger partial charge in [0.25, 0.3) is 0 Å². The molecule has 0 saturated heterocycles. The second kappa shape index (κ2) is 14.6. The summed E-state index contributed by atoms with van der Waals surface area (Å²) in [6, 6.07) is 21.4. The van der Waals surface area contributed by atoms with Gasteiger partial charge in [-0.05, 0) is 136 Å². The molecule has 0 bridgehead atoms. The maximum absolute atomic E-state index is 13.2. The van der Waals surface area contributed by atoms with Gasteiger partial charge in [0, 0.05) is 65.0 Å². The van der Waals surface area contributed by atoms with Crippen LogP contribution in [0.4, 0.5) is 11.4 Å². The molecule has 0 saturated carbocycles. The van der Waals surface area contributed by atoms with E-state index in [9.17, 15) is 14.9 Å². The topological polar surface area (TPSA) is 142 Å². The van der Waals surface area contributed by atoms with Crippen molar-refractivity contribution in [1.82, 2.24) is 20.4 Å². The standard InChI is InChI=1S/C25H23N5O2.C23H20N2O2/c1-14-20-13-17-8-4-10-30-11-5-9-19(22(17)30)23(20)32-25(31)21(14)16-6-3-7-18(12-16)24-28-26-15(2)27-29-24;1-14-19-12-17-7-3-9-25-10-4-8-18(21(17)25)22(19)27-23(26)20(14)16-6-2-5-15(11-16)13-24/h3,6-7,12-13H,4-5,8-11H2,1-2H3;2,5-6,11-12H,3-4,7-10H2,1H3. The number of aromatic nitrogens is 4. The molecule has 4 aliphatic heterocycles. The van der Waals surface area contributed by atoms with Crippen LogP contribution in [0.25, 0.3) is 55.6 Å². The normalized spacial score (nSPS) is 15.3. The van der Waals surface area contributed by atoms with Gasteiger partial charge in [-0.15, -0.1) is 20.4 Å². The summed E-state index contributed by atoms with van der Waals surface area (Å²) in [6.07, 6.45) is 8.60. The van der Waals surface area contributed by atoms with Gasteiger partial charge < -0.3 is 18.6 Å². The van der Waals surface area contributed by atoms with E-state index in [1.165, 1.54) is 46.5 Å². The van der Waals surface area contributed by atoms with Gasteiger partial charge in [0.05, 0.1) is 22.8 Å². The predicted molar refractivity (Wildman–Crippen MR) is 229 cm³/mol. The van der Waals surface area contributed by atoms with Gasteiger partial charge in [0.15, 0.2) is 5.82 Å². The number of anilines is 2. The van der Waals surface area contributed by atoms with Gasteiger partial charge in [-0.3, -0.25) is 0 Å². The van der Waals surface area contributed by atoms with Crippen LogP contribution < -0.4 is 21.1 Å². The van der Waals surface area contributed by atoms with Crippen molar-refractivity contribution < 1.29 is 8.83 Å². The molecule has 0 spiro atoms. The smallest absolute Gasteiger partial charge is 0.344 e. The number of benzene rings is 4. The van der Waals surface area contributed by atoms with E-state index in [-0.39, 0.29) is 11.3 Å². The van der Waals surface area contributed by atoms with E-state index in [2.05, 4.69) is 48.4 Å². The highest BCUT2D eigenvalue weighted by molar-refractivity contribution is 5.95. The first-order valence-electron chi connectivity index (χ1n) is 20.7. The van der Waals surface area contributed by atoms with Crippen LogP contribution in [0.3, 0.4) is 0 Å². The van der Waals surface area contributed by atoms with Crippen molar-refractivity contribution in [2.75, 3.05) is 36.0 Å². The maximum Gasteiger partial charge on any atom is 0.344 e. The molecule has 11 rings (SSSR count). The van der Waals surface area contributed by atoms with E-state index < -0.39 is 0 Å². The highest BCUT2D eigenvalue weighted by Gasteiger charge is 2.30. The number of nitrogens with zero attached hydrogens (tertiary/aromatic N) is 7. The Morgan fingerprint density at radius 2 is 1.07 bits per heavy atom. The Hall–Kier alpha value is -6.67. The van der Waals surface area contributed by atoms with Crippen molar-refractivity contribution in [3.8, 4) is 39.7 Å². The lowest BCUT2D eigenvalue weighted by molar-refractivity contribution is 0.550. The fourth-order valence-electron chi connectivity index (χ4n) is 9.94. The minimum atomic E-state index is -0.320. The third kappa shape index (κ3) is 6.25. The van der Waals surface area contributed by atoms with E-state index >= 15 is 0 Å². The van der Waals surface area contributed by atoms with E-state index in [0.29, 0.717) is 28.3 Å². The average molecular weight is 782 g/mol. The van der Waals surface area contributed by atoms with Gasteiger partial charge in [-0.1, -0.05) is 30.3 Å². The quantitative estimate of drug-likeness (QED) is 0.160. The van der Waals surface area contributed by atoms with Crippen molar-refractivity contribution in [2.24, 2.45) is 0 Å². The van der Waals surface area contributed by atoms with E-state index in [1.807, 2.05) is 50.2 Å². The zero-order chi connectivity index (χ0) is 40.4. The van der Waals surface area contributed by atoms with Crippen molar-refractivity contribution in [2.45, 2.75) is 72.1 Å². The van der Waals surface area contributed by atoms with Crippen molar-refractivity contribution >= 4 is 33.3 Å². The SMILES string of the molecule is Cc1c(-c2cccc(C#N)c2)c(=O)oc2c3c4c(cc12)CCCN4CCC3.Cc1nnc(-c2cccc(-c3c(C)c4cc5c6c(c4oc3=O)CCCN6CCC5)c2)nn1. The van der Waals surface area contributed by atoms with Crippen LogP contribution in [-0.4, -0.2) is 46.6 Å². The Kier molecular flexibility index (Phi) is 9.08. The molecule has 0 fully saturated rings. The summed E-state index contributed by atoms with van der Waals surface area (Å²) in [6.45, 7) is 10.1. The summed E-state index contributed by atoms with van der Waals surface area (Å²) < 4.78 is 11.9. The summed E-state index contributed by atoms with van der Waals surface area (Å²) >= 11 is 0. The molecule has 0 amide bonds. The van der Waals surface area contributed by atoms with E-state index in [0.717, 1.165) is 114 Å². The van der Waals surface area contributed by atoms with Crippen LogP contribution in [0.1, 0.15) is 70.5 Å². The van der Waals surface area contributed by atoms with Crippen LogP contribution in [0, 0.1) is 32.1 Å². The minimum Gasteiger partial charge on any atom is -0.422 e. The molecule has 59 heavy (non-hydrogen) atoms. The number of rotatable bonds is 3. The van der Waals surface area contributed by atoms with Crippen LogP contribution in [0.2, 0.25) is 0 Å². The summed E-state index contributed by atoms with van der Waals surface area (Å²) in [5.74, 6) is 0.945. The van der Waals surface area contributed by atoms with Crippen LogP contribution in [0.5, 0.6) is 0 Å². The largest absolute Gasteiger partial charge is 0.422 e. The molecule has 11 nitrogen and oxygen atoms in total. The molecule has 0 unspecified atom stereocenters. The number of hydrogen-bond donors (Lipinski definition) is 0. The maximum atomic E-state index is 13.2. The Morgan fingerprint density at radius 3 is 1.59 bits per heavy atom. The molecule has 0 radical (unpaired) electrons. The van der Waals surface area contributed by atoms with Gasteiger partial charge >= 0.3 is 11.3 Å². The first-order valence-corrected chi connectivity index (χ1v) is 20.7. The number of hydrogen-bond acceptors (Lipinski definition) is 11. The average Bonchev–Trinajstić information content (AvgIpc) is 3.26. The second-order valence-electron chi connectivity index (χ2n) is 16.2. The van der Waals surface area contributed by atoms with Gasteiger partial charge in [0.1, 0.15) is 11.2 Å². The highest BCUT2D eigenvalue weighted by Crippen LogP contribution is 2.43. The fourth-order valence-corrected chi connectivity index (χ4v) is 9.94. The first-order chi connectivity index (χ1) is 28.8. The second-order valence-corrected chi connectivity index (χ2v) is 16.2. The fraction of sp³-hybridized carbons (Fsp3) is 0.312. The molecular weight excluding hydrogens is 739 g/mol. The molecule has 294 valence electrons. The van der Waals surface area contributed by atoms with Gasteiger partial charge in [-0.25, -0.2) is 9.59 Å². The van der Waals surface area contributed by atoms with E-state index in [1.54, 1.807) is 19.1 Å². The number of nitriles is 1. The van der Waals surface area contributed by atoms with E-state index in [4.69, 9.17) is 8.83 Å². The predicted octanol–water partition coefficient (Wildman–Crippen LogP) is 8.36. The lowest BCUT2D eigenvalue weighted by atomic mass is 9.88. The lowest BCUT2D eigenvalue weighted by Gasteiger charge is -2.37. The van der Waals surface area contributed by atoms with Gasteiger partial charge in [-0.2, -0.15) is 5.26 Å². The van der Waals surface area contributed by atoms with Crippen molar-refractivity contribution in [1.29, 1.82) is 5.26 Å². The van der Waals surface area contributed by atoms with Crippen LogP contribution >= 0.6 is 0 Å². The minimum absolute atomic E-state index is 0.308. The van der Waals surface area contributed by atoms with Gasteiger partial charge in [0.2, 0.25) is 5.82 Å². The van der Waals surface area contributed by atoms with Crippen LogP contribution in [-0.2, 0) is 25.7 Å². The van der Waals surface area contributed by atoms with Crippen molar-refractivity contribution in [3.05, 3.63) is 126 Å². The zero-order valence-electron chi connectivity index (χ0n) is 33.5. The Morgan fingerprint density at radius 1 is 0.593 bits per heavy atom. The Balaban J connectivity index is 0.000000145. The van der Waals surface area contributed by atoms with Crippen molar-refractivity contribution in [3.63, 3.8) is 0 Å². The Bertz CT molecular complexity index is 3010. The highest BCUT2D eigenvalue weighted by atomic mass is 16.4. The molecule has 11 heteroatoms. The summed E-state index contributed by atoms with van der Waals surface area (Å²) in [5, 5.41) is 27.5. The molecule has 0 atom stereocenters. The number of fused-ring (bicyclic) bond motifs is 4. The Labute approximate surface area is 341 Å². The molecule has 0 N–H and O–H groups in total.